The van der Waals surface area contributed by atoms with Crippen LogP contribution in [0.2, 0.25) is 0 Å². The molecule has 0 N–H and O–H groups in total. The van der Waals surface area contributed by atoms with Crippen molar-refractivity contribution in [1.82, 2.24) is 39.1 Å². The summed E-state index contributed by atoms with van der Waals surface area (Å²) in [6.07, 6.45) is 24.3. The minimum Gasteiger partial charge on any atom is -0.437 e. The van der Waals surface area contributed by atoms with Crippen molar-refractivity contribution in [2.45, 2.75) is 54.6 Å². The zero-order chi connectivity index (χ0) is 84.6. The second kappa shape index (κ2) is 30.2. The van der Waals surface area contributed by atoms with E-state index in [0.717, 1.165) is 154 Å². The maximum absolute atomic E-state index is 6.34. The minimum absolute atomic E-state index is 0.252. The largest absolute Gasteiger partial charge is 0.437 e. The summed E-state index contributed by atoms with van der Waals surface area (Å²) in [7, 11) is 12.4. The van der Waals surface area contributed by atoms with E-state index < -0.39 is 0 Å². The lowest BCUT2D eigenvalue weighted by Gasteiger charge is -2.28. The smallest absolute Gasteiger partial charge is 0.292 e. The van der Waals surface area contributed by atoms with Gasteiger partial charge in [0, 0.05) is 122 Å². The van der Waals surface area contributed by atoms with E-state index in [-0.39, 0.29) is 6.17 Å². The Bertz CT molecular complexity index is 8290. The fourth-order valence-electron chi connectivity index (χ4n) is 18.3. The predicted molar refractivity (Wildman–Crippen MR) is 500 cm³/mol. The third-order valence-electron chi connectivity index (χ3n) is 24.8. The topological polar surface area (TPSA) is 162 Å². The average Bonchev–Trinajstić information content (AvgIpc) is 1.60. The van der Waals surface area contributed by atoms with Crippen molar-refractivity contribution in [3.8, 4) is 38.9 Å². The van der Waals surface area contributed by atoms with Crippen LogP contribution in [0.4, 0.5) is 5.69 Å². The van der Waals surface area contributed by atoms with Crippen LogP contribution in [0.1, 0.15) is 40.4 Å². The highest BCUT2D eigenvalue weighted by molar-refractivity contribution is 7.12. The number of aryl methyl sites for hydroxylation is 11. The van der Waals surface area contributed by atoms with Gasteiger partial charge in [-0.25, -0.2) is 38.6 Å². The SMILES string of the molecule is Cc1ccc2c(oc3nc(C)c4ccccc4c32)c1-c1cccc[n+]1C.Cc1ccc2c(oc3ncc4ccccc4c32)c1-c1n(C)cc[n+]1C.Cc1ccc2c(oc3ncc4ccccc4c32)c1-c1scc[n+]1C.Cc1ccc2c(oc3ncc4ccccc4c32)c1-n1ccc[n+]1C.Cc1ccc2c(oc3ncc4ccccc4c32)c1N1C=CN(C)[C@@H]1C. The Balaban J connectivity index is 0.0000000950. The molecule has 19 heteroatoms. The van der Waals surface area contributed by atoms with Gasteiger partial charge in [-0.2, -0.15) is 4.57 Å². The van der Waals surface area contributed by atoms with Crippen molar-refractivity contribution in [3.63, 3.8) is 0 Å². The van der Waals surface area contributed by atoms with Gasteiger partial charge < -0.3 is 31.9 Å². The first-order valence-corrected chi connectivity index (χ1v) is 42.4. The molecule has 1 aliphatic rings. The molecule has 0 radical (unpaired) electrons. The number of furan rings is 5. The monoisotopic (exact) mass is 1640 g/mol. The van der Waals surface area contributed by atoms with E-state index >= 15 is 0 Å². The van der Waals surface area contributed by atoms with Crippen LogP contribution >= 0.6 is 11.3 Å². The standard InChI is InChI=1S/C23H19N2O.C21H18N3O.C21H19N3O.C20H16N3O.C20H15N2OS/c1-14-11-12-18-21-17-9-5-4-8-16(17)15(2)24-23(21)26-22(18)20(14)19-10-6-7-13-25(19)3;1-13-8-9-16-18-15-7-5-4-6-14(15)12-22-20(18)25-19(16)17(13)21-23(2)10-11-24(21)3;1-13-8-9-17-18-16-7-5-4-6-15(16)12-22-21(18)25-20(17)19(13)24-11-10-23(3)14(24)2;1-13-8-9-16-17-15-7-4-3-6-14(15)12-21-20(17)24-19(16)18(13)23-11-5-10-22(23)2;1-12-7-8-15-17-14-6-4-3-5-13(14)11-21-19(17)23-18(15)16(12)20-22(2)9-10-24-20/h4-13H,1-3H3;4-12H,1-3H3;4-12,14H,1-3H3;3-12H,1-2H3;3-11H,1-2H3/q2*+1;;2*+1/t;;14-;;/m..0../s1. The zero-order valence-electron chi connectivity index (χ0n) is 71.0. The zero-order valence-corrected chi connectivity index (χ0v) is 71.8. The van der Waals surface area contributed by atoms with Crippen LogP contribution in [0.3, 0.4) is 0 Å². The van der Waals surface area contributed by atoms with Crippen molar-refractivity contribution in [3.05, 3.63) is 320 Å². The number of imidazole rings is 1. The van der Waals surface area contributed by atoms with Crippen molar-refractivity contribution >= 4 is 181 Å². The molecule has 0 aliphatic carbocycles. The molecular weight excluding hydrogens is 1560 g/mol. The van der Waals surface area contributed by atoms with E-state index in [1.54, 1.807) is 11.3 Å². The van der Waals surface area contributed by atoms with Gasteiger partial charge in [-0.3, -0.25) is 0 Å². The fourth-order valence-corrected chi connectivity index (χ4v) is 19.3. The van der Waals surface area contributed by atoms with Gasteiger partial charge in [-0.1, -0.05) is 181 Å². The van der Waals surface area contributed by atoms with E-state index in [2.05, 4.69) is 342 Å². The molecule has 24 aromatic rings. The Morgan fingerprint density at radius 1 is 0.347 bits per heavy atom. The number of hydrogen-bond acceptors (Lipinski definition) is 13. The maximum Gasteiger partial charge on any atom is 0.292 e. The first-order chi connectivity index (χ1) is 60.4. The number of rotatable bonds is 5. The molecule has 0 saturated heterocycles. The molecule has 14 aromatic heterocycles. The lowest BCUT2D eigenvalue weighted by Crippen LogP contribution is -2.37. The Morgan fingerprint density at radius 2 is 0.766 bits per heavy atom. The summed E-state index contributed by atoms with van der Waals surface area (Å²) in [4.78, 5) is 27.4. The molecular formula is C105H87N13O5S+4. The van der Waals surface area contributed by atoms with Crippen molar-refractivity contribution in [1.29, 1.82) is 0 Å². The van der Waals surface area contributed by atoms with Crippen LogP contribution < -0.4 is 23.3 Å². The van der Waals surface area contributed by atoms with E-state index in [1.807, 2.05) is 92.2 Å². The van der Waals surface area contributed by atoms with Gasteiger partial charge in [0.25, 0.3) is 10.8 Å². The van der Waals surface area contributed by atoms with Crippen molar-refractivity contribution in [2.75, 3.05) is 11.9 Å². The first kappa shape index (κ1) is 76.2. The van der Waals surface area contributed by atoms with Gasteiger partial charge in [0.1, 0.15) is 43.8 Å². The number of aromatic nitrogens is 11. The van der Waals surface area contributed by atoms with E-state index in [1.165, 1.54) is 59.6 Å². The molecule has 0 saturated carbocycles. The summed E-state index contributed by atoms with van der Waals surface area (Å²) in [6, 6.07) is 71.6. The summed E-state index contributed by atoms with van der Waals surface area (Å²) >= 11 is 1.73. The van der Waals surface area contributed by atoms with Crippen LogP contribution in [-0.4, -0.2) is 52.3 Å². The van der Waals surface area contributed by atoms with Gasteiger partial charge >= 0.3 is 0 Å². The summed E-state index contributed by atoms with van der Waals surface area (Å²) in [5, 5.41) is 26.0. The molecule has 15 heterocycles. The van der Waals surface area contributed by atoms with E-state index in [9.17, 15) is 0 Å². The van der Waals surface area contributed by atoms with Crippen LogP contribution in [0.15, 0.2) is 308 Å². The number of hydrogen-bond donors (Lipinski definition) is 0. The third kappa shape index (κ3) is 12.5. The van der Waals surface area contributed by atoms with Gasteiger partial charge in [-0.15, -0.1) is 9.36 Å². The quantitative estimate of drug-likeness (QED) is 0.150. The number of thiazole rings is 1. The van der Waals surface area contributed by atoms with E-state index in [4.69, 9.17) is 27.1 Å². The number of benzene rings is 10. The number of anilines is 1. The Hall–Kier alpha value is -15.2. The molecule has 604 valence electrons. The minimum atomic E-state index is 0.252. The molecule has 0 fully saturated rings. The average molecular weight is 1640 g/mol. The molecule has 0 amide bonds. The molecule has 18 nitrogen and oxygen atoms in total. The summed E-state index contributed by atoms with van der Waals surface area (Å²) < 4.78 is 44.0. The third-order valence-corrected chi connectivity index (χ3v) is 25.7. The second-order valence-electron chi connectivity index (χ2n) is 32.4. The highest BCUT2D eigenvalue weighted by Gasteiger charge is 2.31. The number of nitrogens with zero attached hydrogens (tertiary/aromatic N) is 13. The Labute approximate surface area is 716 Å². The summed E-state index contributed by atoms with van der Waals surface area (Å²) in [6.45, 7) is 14.9. The van der Waals surface area contributed by atoms with Gasteiger partial charge in [0.2, 0.25) is 34.3 Å². The maximum atomic E-state index is 6.34. The summed E-state index contributed by atoms with van der Waals surface area (Å²) in [5.41, 5.74) is 21.7. The number of fused-ring (bicyclic) bond motifs is 25. The van der Waals surface area contributed by atoms with Gasteiger partial charge in [-0.05, 0) is 121 Å². The highest BCUT2D eigenvalue weighted by Crippen LogP contribution is 2.46. The molecule has 0 unspecified atom stereocenters. The van der Waals surface area contributed by atoms with Crippen LogP contribution in [0, 0.1) is 41.5 Å². The van der Waals surface area contributed by atoms with Crippen LogP contribution in [-0.2, 0) is 35.2 Å². The molecule has 0 spiro atoms. The number of pyridine rings is 6. The predicted octanol–water partition coefficient (Wildman–Crippen LogP) is 23.6. The molecule has 1 aliphatic heterocycles. The van der Waals surface area contributed by atoms with Crippen molar-refractivity contribution < 1.29 is 40.5 Å². The molecule has 124 heavy (non-hydrogen) atoms. The molecule has 25 rings (SSSR count). The van der Waals surface area contributed by atoms with Gasteiger partial charge in [0.15, 0.2) is 59.2 Å². The highest BCUT2D eigenvalue weighted by atomic mass is 32.1. The van der Waals surface area contributed by atoms with Gasteiger partial charge in [0.05, 0.1) is 63.9 Å². The van der Waals surface area contributed by atoms with E-state index in [0.29, 0.717) is 28.6 Å². The Morgan fingerprint density at radius 3 is 1.23 bits per heavy atom. The summed E-state index contributed by atoms with van der Waals surface area (Å²) in [5.74, 6) is 1.12. The molecule has 0 bridgehead atoms. The lowest BCUT2D eigenvalue weighted by atomic mass is 9.99. The normalized spacial score (nSPS) is 12.9. The molecule has 10 aromatic carbocycles. The second-order valence-corrected chi connectivity index (χ2v) is 33.3. The van der Waals surface area contributed by atoms with Crippen LogP contribution in [0.25, 0.3) is 203 Å². The molecule has 1 atom stereocenters. The van der Waals surface area contributed by atoms with Crippen LogP contribution in [0.5, 0.6) is 0 Å². The first-order valence-electron chi connectivity index (χ1n) is 41.5. The Kier molecular flexibility index (Phi) is 18.6. The lowest BCUT2D eigenvalue weighted by molar-refractivity contribution is -0.744. The van der Waals surface area contributed by atoms with Crippen molar-refractivity contribution in [2.24, 2.45) is 35.2 Å². The fraction of sp³-hybridized carbons (Fsp3) is 0.133.